The second-order valence-electron chi connectivity index (χ2n) is 6.29. The van der Waals surface area contributed by atoms with E-state index < -0.39 is 0 Å². The molecule has 3 aromatic rings. The van der Waals surface area contributed by atoms with Crippen LogP contribution in [0.5, 0.6) is 5.75 Å². The largest absolute Gasteiger partial charge is 0.497 e. The van der Waals surface area contributed by atoms with E-state index in [-0.39, 0.29) is 0 Å². The Balaban J connectivity index is 1.70. The summed E-state index contributed by atoms with van der Waals surface area (Å²) in [5.74, 6) is 2.23. The van der Waals surface area contributed by atoms with Gasteiger partial charge in [0.2, 0.25) is 0 Å². The smallest absolute Gasteiger partial charge is 0.257 e. The van der Waals surface area contributed by atoms with Crippen molar-refractivity contribution >= 4 is 23.2 Å². The third-order valence-electron chi connectivity index (χ3n) is 4.72. The molecule has 0 fully saturated rings. The van der Waals surface area contributed by atoms with Crippen LogP contribution in [0, 0.1) is 0 Å². The lowest BCUT2D eigenvalue weighted by Gasteiger charge is -2.02. The van der Waals surface area contributed by atoms with Crippen molar-refractivity contribution in [2.45, 2.75) is 25.9 Å². The van der Waals surface area contributed by atoms with Crippen molar-refractivity contribution in [3.05, 3.63) is 70.1 Å². The van der Waals surface area contributed by atoms with Crippen LogP contribution in [0.2, 0.25) is 10.0 Å². The predicted molar refractivity (Wildman–Crippen MR) is 101 cm³/mol. The van der Waals surface area contributed by atoms with E-state index >= 15 is 0 Å². The van der Waals surface area contributed by atoms with Crippen molar-refractivity contribution in [2.75, 3.05) is 7.11 Å². The number of ether oxygens (including phenoxy) is 1. The molecule has 2 heterocycles. The molecule has 0 aliphatic carbocycles. The molecular formula is C20H19Cl2N2O+. The Bertz CT molecular complexity index is 916. The van der Waals surface area contributed by atoms with Gasteiger partial charge in [-0.05, 0) is 48.4 Å². The Morgan fingerprint density at radius 3 is 2.60 bits per heavy atom. The molecule has 0 saturated heterocycles. The number of aromatic nitrogens is 2. The standard InChI is InChI=1S/C20H19Cl2N2O/c1-25-16-7-5-15(6-8-16)19-13-23(20-3-2-10-24(19)20)12-14-4-9-17(21)18(22)11-14/h4-9,11,13H,2-3,10,12H2,1H3/q+1. The van der Waals surface area contributed by atoms with Gasteiger partial charge < -0.3 is 4.74 Å². The highest BCUT2D eigenvalue weighted by atomic mass is 35.5. The molecule has 0 N–H and O–H groups in total. The monoisotopic (exact) mass is 373 g/mol. The number of rotatable bonds is 4. The summed E-state index contributed by atoms with van der Waals surface area (Å²) in [6.45, 7) is 1.85. The topological polar surface area (TPSA) is 18.0 Å². The molecule has 4 rings (SSSR count). The fourth-order valence-electron chi connectivity index (χ4n) is 3.47. The van der Waals surface area contributed by atoms with Crippen molar-refractivity contribution in [3.8, 4) is 17.0 Å². The normalized spacial score (nSPS) is 13.1. The summed E-state index contributed by atoms with van der Waals surface area (Å²) in [5, 5.41) is 1.20. The molecule has 0 saturated carbocycles. The molecular weight excluding hydrogens is 355 g/mol. The molecule has 1 aromatic heterocycles. The molecule has 0 amide bonds. The van der Waals surface area contributed by atoms with E-state index in [0.717, 1.165) is 30.8 Å². The fourth-order valence-corrected chi connectivity index (χ4v) is 3.79. The van der Waals surface area contributed by atoms with Gasteiger partial charge in [0.25, 0.3) is 5.82 Å². The molecule has 25 heavy (non-hydrogen) atoms. The fraction of sp³-hybridized carbons (Fsp3) is 0.250. The number of nitrogens with zero attached hydrogens (tertiary/aromatic N) is 2. The first-order chi connectivity index (χ1) is 12.2. The van der Waals surface area contributed by atoms with E-state index in [1.807, 2.05) is 30.3 Å². The van der Waals surface area contributed by atoms with Crippen LogP contribution in [-0.2, 0) is 19.5 Å². The van der Waals surface area contributed by atoms with Crippen LogP contribution >= 0.6 is 23.2 Å². The van der Waals surface area contributed by atoms with Crippen LogP contribution in [0.4, 0.5) is 0 Å². The number of fused-ring (bicyclic) bond motifs is 1. The van der Waals surface area contributed by atoms with E-state index in [1.54, 1.807) is 7.11 Å². The third kappa shape index (κ3) is 3.14. The van der Waals surface area contributed by atoms with E-state index in [9.17, 15) is 0 Å². The van der Waals surface area contributed by atoms with Crippen LogP contribution in [0.15, 0.2) is 48.7 Å². The number of hydrogen-bond acceptors (Lipinski definition) is 1. The Morgan fingerprint density at radius 1 is 1.08 bits per heavy atom. The van der Waals surface area contributed by atoms with Crippen molar-refractivity contribution in [1.82, 2.24) is 4.57 Å². The first kappa shape index (κ1) is 16.5. The van der Waals surface area contributed by atoms with E-state index in [4.69, 9.17) is 27.9 Å². The Kier molecular flexibility index (Phi) is 4.45. The molecule has 0 spiro atoms. The average Bonchev–Trinajstić information content (AvgIpc) is 3.22. The molecule has 2 aromatic carbocycles. The number of benzene rings is 2. The van der Waals surface area contributed by atoms with E-state index in [0.29, 0.717) is 10.0 Å². The second kappa shape index (κ2) is 6.74. The number of methoxy groups -OCH3 is 1. The highest BCUT2D eigenvalue weighted by Gasteiger charge is 2.28. The van der Waals surface area contributed by atoms with Crippen LogP contribution in [-0.4, -0.2) is 11.7 Å². The SMILES string of the molecule is COc1ccc(-c2c[n+](Cc3ccc(Cl)c(Cl)c3)c3n2CCC3)cc1. The Hall–Kier alpha value is -1.97. The van der Waals surface area contributed by atoms with Crippen LogP contribution in [0.3, 0.4) is 0 Å². The summed E-state index contributed by atoms with van der Waals surface area (Å²) in [6.07, 6.45) is 4.51. The predicted octanol–water partition coefficient (Wildman–Crippen LogP) is 4.75. The number of imidazole rings is 1. The van der Waals surface area contributed by atoms with Crippen LogP contribution in [0.1, 0.15) is 17.8 Å². The zero-order chi connectivity index (χ0) is 17.4. The van der Waals surface area contributed by atoms with Crippen molar-refractivity contribution in [3.63, 3.8) is 0 Å². The Morgan fingerprint density at radius 2 is 1.88 bits per heavy atom. The van der Waals surface area contributed by atoms with Crippen molar-refractivity contribution in [1.29, 1.82) is 0 Å². The summed E-state index contributed by atoms with van der Waals surface area (Å²) < 4.78 is 10.0. The van der Waals surface area contributed by atoms with Gasteiger partial charge in [0.05, 0.1) is 30.1 Å². The van der Waals surface area contributed by atoms with Crippen molar-refractivity contribution < 1.29 is 9.30 Å². The summed E-state index contributed by atoms with van der Waals surface area (Å²) in [7, 11) is 1.69. The lowest BCUT2D eigenvalue weighted by Crippen LogP contribution is -2.36. The van der Waals surface area contributed by atoms with Gasteiger partial charge in [0.1, 0.15) is 18.5 Å². The third-order valence-corrected chi connectivity index (χ3v) is 5.46. The minimum atomic E-state index is 0.594. The highest BCUT2D eigenvalue weighted by molar-refractivity contribution is 6.42. The van der Waals surface area contributed by atoms with Gasteiger partial charge in [-0.3, -0.25) is 0 Å². The first-order valence-corrected chi connectivity index (χ1v) is 9.11. The van der Waals surface area contributed by atoms with Gasteiger partial charge in [0.15, 0.2) is 5.69 Å². The second-order valence-corrected chi connectivity index (χ2v) is 7.11. The molecule has 0 unspecified atom stereocenters. The summed E-state index contributed by atoms with van der Waals surface area (Å²) >= 11 is 12.2. The lowest BCUT2D eigenvalue weighted by atomic mass is 10.1. The molecule has 5 heteroatoms. The maximum atomic E-state index is 6.17. The van der Waals surface area contributed by atoms with Crippen molar-refractivity contribution in [2.24, 2.45) is 0 Å². The van der Waals surface area contributed by atoms with Crippen LogP contribution in [0.25, 0.3) is 11.3 Å². The molecule has 0 bridgehead atoms. The summed E-state index contributed by atoms with van der Waals surface area (Å²) in [4.78, 5) is 0. The van der Waals surface area contributed by atoms with Gasteiger partial charge in [-0.2, -0.15) is 0 Å². The van der Waals surface area contributed by atoms with Gasteiger partial charge in [-0.1, -0.05) is 29.3 Å². The van der Waals surface area contributed by atoms with Gasteiger partial charge in [-0.25, -0.2) is 9.13 Å². The Labute approximate surface area is 157 Å². The zero-order valence-electron chi connectivity index (χ0n) is 14.0. The van der Waals surface area contributed by atoms with Crippen LogP contribution < -0.4 is 9.30 Å². The minimum absolute atomic E-state index is 0.594. The molecule has 0 atom stereocenters. The van der Waals surface area contributed by atoms with Gasteiger partial charge in [-0.15, -0.1) is 0 Å². The lowest BCUT2D eigenvalue weighted by molar-refractivity contribution is -0.694. The first-order valence-electron chi connectivity index (χ1n) is 8.36. The zero-order valence-corrected chi connectivity index (χ0v) is 15.5. The maximum absolute atomic E-state index is 6.17. The molecule has 1 aliphatic rings. The van der Waals surface area contributed by atoms with E-state index in [1.165, 1.54) is 23.5 Å². The highest BCUT2D eigenvalue weighted by Crippen LogP contribution is 2.27. The number of halogens is 2. The molecule has 0 radical (unpaired) electrons. The quantitative estimate of drug-likeness (QED) is 0.603. The molecule has 1 aliphatic heterocycles. The van der Waals surface area contributed by atoms with E-state index in [2.05, 4.69) is 27.5 Å². The maximum Gasteiger partial charge on any atom is 0.257 e. The molecule has 3 nitrogen and oxygen atoms in total. The summed E-state index contributed by atoms with van der Waals surface area (Å²) in [6, 6.07) is 14.1. The number of hydrogen-bond donors (Lipinski definition) is 0. The minimum Gasteiger partial charge on any atom is -0.497 e. The molecule has 128 valence electrons. The van der Waals surface area contributed by atoms with Gasteiger partial charge >= 0.3 is 0 Å². The summed E-state index contributed by atoms with van der Waals surface area (Å²) in [5.41, 5.74) is 3.60. The average molecular weight is 374 g/mol. The van der Waals surface area contributed by atoms with Gasteiger partial charge in [0, 0.05) is 5.56 Å².